The van der Waals surface area contributed by atoms with Crippen molar-refractivity contribution in [1.29, 1.82) is 0 Å². The Balaban J connectivity index is 1.67. The number of benzene rings is 1. The summed E-state index contributed by atoms with van der Waals surface area (Å²) in [7, 11) is 0. The number of piperazine rings is 1. The number of rotatable bonds is 5. The second-order valence-electron chi connectivity index (χ2n) is 6.22. The summed E-state index contributed by atoms with van der Waals surface area (Å²) < 4.78 is 0. The van der Waals surface area contributed by atoms with Crippen LogP contribution in [-0.2, 0) is 0 Å². The van der Waals surface area contributed by atoms with Gasteiger partial charge in [-0.25, -0.2) is 9.97 Å². The Kier molecular flexibility index (Phi) is 5.18. The van der Waals surface area contributed by atoms with Gasteiger partial charge in [-0.2, -0.15) is 0 Å². The van der Waals surface area contributed by atoms with E-state index in [0.29, 0.717) is 0 Å². The fourth-order valence-corrected chi connectivity index (χ4v) is 3.25. The summed E-state index contributed by atoms with van der Waals surface area (Å²) in [6, 6.07) is 10.9. The van der Waals surface area contributed by atoms with E-state index in [1.807, 2.05) is 0 Å². The van der Waals surface area contributed by atoms with Crippen molar-refractivity contribution in [3.8, 4) is 0 Å². The molecule has 0 aliphatic carbocycles. The minimum Gasteiger partial charge on any atom is -0.368 e. The van der Waals surface area contributed by atoms with Gasteiger partial charge in [0.15, 0.2) is 0 Å². The van der Waals surface area contributed by atoms with Crippen molar-refractivity contribution in [2.24, 2.45) is 0 Å². The highest BCUT2D eigenvalue weighted by Crippen LogP contribution is 2.22. The first-order valence-electron chi connectivity index (χ1n) is 8.84. The van der Waals surface area contributed by atoms with Gasteiger partial charge in [0.2, 0.25) is 0 Å². The first-order valence-corrected chi connectivity index (χ1v) is 8.84. The molecule has 5 heteroatoms. The van der Waals surface area contributed by atoms with E-state index in [1.165, 1.54) is 11.3 Å². The van der Waals surface area contributed by atoms with Crippen molar-refractivity contribution in [2.75, 3.05) is 54.0 Å². The highest BCUT2D eigenvalue weighted by atomic mass is 15.3. The van der Waals surface area contributed by atoms with Crippen molar-refractivity contribution < 1.29 is 0 Å². The Labute approximate surface area is 144 Å². The molecule has 0 saturated carbocycles. The second-order valence-corrected chi connectivity index (χ2v) is 6.22. The Morgan fingerprint density at radius 2 is 1.67 bits per heavy atom. The number of hydrogen-bond donors (Lipinski definition) is 0. The van der Waals surface area contributed by atoms with Crippen LogP contribution in [0.4, 0.5) is 17.3 Å². The van der Waals surface area contributed by atoms with Crippen LogP contribution in [0.25, 0.3) is 0 Å². The molecule has 0 amide bonds. The Morgan fingerprint density at radius 3 is 2.33 bits per heavy atom. The van der Waals surface area contributed by atoms with Crippen LogP contribution in [0.3, 0.4) is 0 Å². The molecule has 2 heterocycles. The van der Waals surface area contributed by atoms with Crippen LogP contribution in [0.1, 0.15) is 19.4 Å². The normalized spacial score (nSPS) is 14.8. The molecule has 5 nitrogen and oxygen atoms in total. The number of aromatic nitrogens is 2. The lowest BCUT2D eigenvalue weighted by molar-refractivity contribution is 0.646. The molecule has 3 rings (SSSR count). The Morgan fingerprint density at radius 1 is 0.958 bits per heavy atom. The van der Waals surface area contributed by atoms with Crippen LogP contribution < -0.4 is 14.7 Å². The molecule has 0 N–H and O–H groups in total. The van der Waals surface area contributed by atoms with Crippen LogP contribution in [0.5, 0.6) is 0 Å². The van der Waals surface area contributed by atoms with E-state index < -0.39 is 0 Å². The van der Waals surface area contributed by atoms with Crippen LogP contribution in [0.2, 0.25) is 0 Å². The van der Waals surface area contributed by atoms with Crippen molar-refractivity contribution in [3.63, 3.8) is 0 Å². The van der Waals surface area contributed by atoms with E-state index in [1.54, 1.807) is 6.33 Å². The quantitative estimate of drug-likeness (QED) is 0.844. The topological polar surface area (TPSA) is 35.5 Å². The van der Waals surface area contributed by atoms with Crippen molar-refractivity contribution in [2.45, 2.75) is 20.8 Å². The fourth-order valence-electron chi connectivity index (χ4n) is 3.25. The first kappa shape index (κ1) is 16.6. The van der Waals surface area contributed by atoms with E-state index in [0.717, 1.165) is 50.9 Å². The molecule has 1 saturated heterocycles. The number of aryl methyl sites for hydroxylation is 1. The molecular formula is C19H27N5. The van der Waals surface area contributed by atoms with E-state index >= 15 is 0 Å². The van der Waals surface area contributed by atoms with Crippen LogP contribution in [-0.4, -0.2) is 49.2 Å². The standard InChI is InChI=1S/C19H27N5/c1-4-22(5-2)18-14-19(21-15-20-18)24-11-9-23(10-12-24)17-8-6-7-16(3)13-17/h6-8,13-15H,4-5,9-12H2,1-3H3. The lowest BCUT2D eigenvalue weighted by Gasteiger charge is -2.37. The van der Waals surface area contributed by atoms with Crippen molar-refractivity contribution in [3.05, 3.63) is 42.2 Å². The maximum absolute atomic E-state index is 4.50. The molecule has 1 aliphatic heterocycles. The van der Waals surface area contributed by atoms with Crippen LogP contribution >= 0.6 is 0 Å². The molecule has 0 spiro atoms. The summed E-state index contributed by atoms with van der Waals surface area (Å²) in [6.45, 7) is 12.4. The van der Waals surface area contributed by atoms with Crippen LogP contribution in [0.15, 0.2) is 36.7 Å². The molecule has 0 atom stereocenters. The van der Waals surface area contributed by atoms with Gasteiger partial charge in [0, 0.05) is 51.0 Å². The third-order valence-corrected chi connectivity index (χ3v) is 4.70. The molecule has 0 radical (unpaired) electrons. The van der Waals surface area contributed by atoms with Gasteiger partial charge in [-0.05, 0) is 38.5 Å². The summed E-state index contributed by atoms with van der Waals surface area (Å²) in [5.74, 6) is 2.06. The minimum atomic E-state index is 0.966. The molecule has 128 valence electrons. The molecular weight excluding hydrogens is 298 g/mol. The first-order chi connectivity index (χ1) is 11.7. The lowest BCUT2D eigenvalue weighted by Crippen LogP contribution is -2.47. The van der Waals surface area contributed by atoms with Crippen molar-refractivity contribution in [1.82, 2.24) is 9.97 Å². The maximum atomic E-state index is 4.50. The predicted octanol–water partition coefficient (Wildman–Crippen LogP) is 2.96. The largest absolute Gasteiger partial charge is 0.368 e. The Hall–Kier alpha value is -2.30. The zero-order valence-electron chi connectivity index (χ0n) is 14.9. The summed E-state index contributed by atoms with van der Waals surface area (Å²) >= 11 is 0. The molecule has 24 heavy (non-hydrogen) atoms. The third kappa shape index (κ3) is 3.61. The zero-order chi connectivity index (χ0) is 16.9. The number of nitrogens with zero attached hydrogens (tertiary/aromatic N) is 5. The van der Waals surface area contributed by atoms with E-state index in [4.69, 9.17) is 0 Å². The van der Waals surface area contributed by atoms with Gasteiger partial charge in [0.25, 0.3) is 0 Å². The van der Waals surface area contributed by atoms with Gasteiger partial charge in [0.1, 0.15) is 18.0 Å². The molecule has 0 bridgehead atoms. The molecule has 1 aliphatic rings. The number of hydrogen-bond acceptors (Lipinski definition) is 5. The average molecular weight is 325 g/mol. The molecule has 0 unspecified atom stereocenters. The third-order valence-electron chi connectivity index (χ3n) is 4.70. The van der Waals surface area contributed by atoms with Gasteiger partial charge in [-0.3, -0.25) is 0 Å². The summed E-state index contributed by atoms with van der Waals surface area (Å²) in [5.41, 5.74) is 2.63. The lowest BCUT2D eigenvalue weighted by atomic mass is 10.2. The average Bonchev–Trinajstić information content (AvgIpc) is 2.63. The van der Waals surface area contributed by atoms with E-state index in [9.17, 15) is 0 Å². The molecule has 1 fully saturated rings. The van der Waals surface area contributed by atoms with Gasteiger partial charge >= 0.3 is 0 Å². The Bertz CT molecular complexity index is 660. The smallest absolute Gasteiger partial charge is 0.134 e. The minimum absolute atomic E-state index is 0.966. The highest BCUT2D eigenvalue weighted by molar-refractivity contribution is 5.53. The van der Waals surface area contributed by atoms with E-state index in [2.05, 4.69) is 75.8 Å². The molecule has 1 aromatic carbocycles. The SMILES string of the molecule is CCN(CC)c1cc(N2CCN(c3cccc(C)c3)CC2)ncn1. The van der Waals surface area contributed by atoms with Gasteiger partial charge in [-0.1, -0.05) is 12.1 Å². The summed E-state index contributed by atoms with van der Waals surface area (Å²) in [4.78, 5) is 16.0. The van der Waals surface area contributed by atoms with E-state index in [-0.39, 0.29) is 0 Å². The summed E-state index contributed by atoms with van der Waals surface area (Å²) in [5, 5.41) is 0. The maximum Gasteiger partial charge on any atom is 0.134 e. The zero-order valence-corrected chi connectivity index (χ0v) is 14.9. The summed E-state index contributed by atoms with van der Waals surface area (Å²) in [6.07, 6.45) is 1.69. The van der Waals surface area contributed by atoms with Crippen LogP contribution in [0, 0.1) is 6.92 Å². The van der Waals surface area contributed by atoms with Crippen molar-refractivity contribution >= 4 is 17.3 Å². The number of anilines is 3. The second kappa shape index (κ2) is 7.51. The van der Waals surface area contributed by atoms with Gasteiger partial charge < -0.3 is 14.7 Å². The van der Waals surface area contributed by atoms with Gasteiger partial charge in [0.05, 0.1) is 0 Å². The highest BCUT2D eigenvalue weighted by Gasteiger charge is 2.19. The molecule has 2 aromatic rings. The monoisotopic (exact) mass is 325 g/mol. The predicted molar refractivity (Wildman–Crippen MR) is 101 cm³/mol. The fraction of sp³-hybridized carbons (Fsp3) is 0.474. The molecule has 1 aromatic heterocycles. The van der Waals surface area contributed by atoms with Gasteiger partial charge in [-0.15, -0.1) is 0 Å².